The van der Waals surface area contributed by atoms with Crippen molar-refractivity contribution in [3.8, 4) is 0 Å². The number of hydrogen-bond acceptors (Lipinski definition) is 5. The fraction of sp³-hybridized carbons (Fsp3) is 0.611. The number of fused-ring (bicyclic) bond motifs is 5. The maximum absolute atomic E-state index is 12.6. The van der Waals surface area contributed by atoms with E-state index in [-0.39, 0.29) is 54.7 Å². The molecule has 1 N–H and O–H groups in total. The SMILES string of the molecule is CC(C)(NC(=O)CCN1C(=O)C2C3CCC(O3)C2C1=O)c1cccs1. The molecule has 1 aromatic heterocycles. The molecule has 3 fully saturated rings. The average Bonchev–Trinajstić information content (AvgIpc) is 3.30. The van der Waals surface area contributed by atoms with Gasteiger partial charge in [-0.2, -0.15) is 0 Å². The van der Waals surface area contributed by atoms with Gasteiger partial charge in [-0.1, -0.05) is 6.07 Å². The van der Waals surface area contributed by atoms with Crippen LogP contribution in [0.1, 0.15) is 38.0 Å². The Morgan fingerprint density at radius 2 is 1.92 bits per heavy atom. The van der Waals surface area contributed by atoms with Crippen molar-refractivity contribution in [1.29, 1.82) is 0 Å². The van der Waals surface area contributed by atoms with Gasteiger partial charge in [0.25, 0.3) is 0 Å². The van der Waals surface area contributed by atoms with Crippen LogP contribution in [0, 0.1) is 11.8 Å². The van der Waals surface area contributed by atoms with Gasteiger partial charge in [-0.15, -0.1) is 11.3 Å². The van der Waals surface area contributed by atoms with E-state index in [9.17, 15) is 14.4 Å². The maximum Gasteiger partial charge on any atom is 0.235 e. The number of nitrogens with zero attached hydrogens (tertiary/aromatic N) is 1. The van der Waals surface area contributed by atoms with E-state index < -0.39 is 5.54 Å². The molecule has 0 aliphatic carbocycles. The highest BCUT2D eigenvalue weighted by molar-refractivity contribution is 7.10. The Morgan fingerprint density at radius 1 is 1.28 bits per heavy atom. The summed E-state index contributed by atoms with van der Waals surface area (Å²) in [7, 11) is 0. The molecule has 4 unspecified atom stereocenters. The summed E-state index contributed by atoms with van der Waals surface area (Å²) in [4.78, 5) is 39.8. The standard InChI is InChI=1S/C18H22N2O4S/c1-18(2,12-4-3-9-25-12)19-13(21)7-8-20-16(22)14-10-5-6-11(24-10)15(14)17(20)23/h3-4,9-11,14-15H,5-8H2,1-2H3,(H,19,21). The van der Waals surface area contributed by atoms with Crippen LogP contribution in [-0.2, 0) is 24.7 Å². The highest BCUT2D eigenvalue weighted by Gasteiger charge is 2.62. The van der Waals surface area contributed by atoms with Gasteiger partial charge < -0.3 is 10.1 Å². The minimum absolute atomic E-state index is 0.108. The summed E-state index contributed by atoms with van der Waals surface area (Å²) in [6.45, 7) is 4.04. The van der Waals surface area contributed by atoms with Crippen LogP contribution in [0.25, 0.3) is 0 Å². The van der Waals surface area contributed by atoms with Crippen LogP contribution in [-0.4, -0.2) is 41.4 Å². The fourth-order valence-electron chi connectivity index (χ4n) is 4.31. The molecule has 1 aromatic rings. The third kappa shape index (κ3) is 2.69. The highest BCUT2D eigenvalue weighted by Crippen LogP contribution is 2.48. The molecule has 0 saturated carbocycles. The summed E-state index contributed by atoms with van der Waals surface area (Å²) >= 11 is 1.59. The average molecular weight is 362 g/mol. The Morgan fingerprint density at radius 3 is 2.48 bits per heavy atom. The normalized spacial score (nSPS) is 30.9. The van der Waals surface area contributed by atoms with E-state index in [1.54, 1.807) is 11.3 Å². The zero-order chi connectivity index (χ0) is 17.8. The van der Waals surface area contributed by atoms with E-state index in [4.69, 9.17) is 4.74 Å². The van der Waals surface area contributed by atoms with Gasteiger partial charge in [0.05, 0.1) is 29.6 Å². The molecule has 7 heteroatoms. The molecule has 0 radical (unpaired) electrons. The van der Waals surface area contributed by atoms with Gasteiger partial charge in [-0.05, 0) is 38.1 Å². The molecule has 134 valence electrons. The summed E-state index contributed by atoms with van der Waals surface area (Å²) in [5.41, 5.74) is -0.465. The van der Waals surface area contributed by atoms with Gasteiger partial charge >= 0.3 is 0 Å². The van der Waals surface area contributed by atoms with E-state index in [1.165, 1.54) is 4.90 Å². The molecular weight excluding hydrogens is 340 g/mol. The molecular formula is C18H22N2O4S. The number of nitrogens with one attached hydrogen (secondary N) is 1. The molecule has 25 heavy (non-hydrogen) atoms. The van der Waals surface area contributed by atoms with E-state index in [0.717, 1.165) is 17.7 Å². The predicted octanol–water partition coefficient (Wildman–Crippen LogP) is 1.65. The molecule has 4 heterocycles. The van der Waals surface area contributed by atoms with Gasteiger partial charge in [0.1, 0.15) is 0 Å². The summed E-state index contributed by atoms with van der Waals surface area (Å²) in [5.74, 6) is -1.12. The van der Waals surface area contributed by atoms with Crippen molar-refractivity contribution in [2.24, 2.45) is 11.8 Å². The third-order valence-corrected chi connectivity index (χ3v) is 6.72. The van der Waals surface area contributed by atoms with Crippen LogP contribution in [0.5, 0.6) is 0 Å². The second kappa shape index (κ2) is 5.92. The first-order chi connectivity index (χ1) is 11.9. The molecule has 3 aliphatic rings. The zero-order valence-electron chi connectivity index (χ0n) is 14.4. The summed E-state index contributed by atoms with van der Waals surface area (Å²) < 4.78 is 5.71. The fourth-order valence-corrected chi connectivity index (χ4v) is 5.12. The number of carbonyl (C=O) groups excluding carboxylic acids is 3. The molecule has 6 nitrogen and oxygen atoms in total. The number of hydrogen-bond donors (Lipinski definition) is 1. The summed E-state index contributed by atoms with van der Waals surface area (Å²) in [6, 6.07) is 3.93. The van der Waals surface area contributed by atoms with Gasteiger partial charge in [-0.25, -0.2) is 0 Å². The van der Waals surface area contributed by atoms with Gasteiger partial charge in [0.2, 0.25) is 17.7 Å². The van der Waals surface area contributed by atoms with Crippen molar-refractivity contribution in [2.75, 3.05) is 6.54 Å². The molecule has 0 aromatic carbocycles. The molecule has 4 rings (SSSR count). The first-order valence-electron chi connectivity index (χ1n) is 8.74. The Bertz CT molecular complexity index is 687. The van der Waals surface area contributed by atoms with Gasteiger partial charge in [-0.3, -0.25) is 19.3 Å². The second-order valence-electron chi connectivity index (χ2n) is 7.57. The molecule has 3 aliphatic heterocycles. The van der Waals surface area contributed by atoms with Crippen LogP contribution in [0.4, 0.5) is 0 Å². The predicted molar refractivity (Wildman–Crippen MR) is 91.7 cm³/mol. The Hall–Kier alpha value is -1.73. The molecule has 2 bridgehead atoms. The van der Waals surface area contributed by atoms with Crippen molar-refractivity contribution in [2.45, 2.75) is 50.9 Å². The second-order valence-corrected chi connectivity index (χ2v) is 8.52. The molecule has 3 amide bonds. The minimum atomic E-state index is -0.465. The minimum Gasteiger partial charge on any atom is -0.373 e. The lowest BCUT2D eigenvalue weighted by molar-refractivity contribution is -0.142. The van der Waals surface area contributed by atoms with Crippen molar-refractivity contribution in [3.05, 3.63) is 22.4 Å². The first kappa shape index (κ1) is 16.7. The maximum atomic E-state index is 12.6. The van der Waals surface area contributed by atoms with Crippen LogP contribution in [0.15, 0.2) is 17.5 Å². The van der Waals surface area contributed by atoms with E-state index in [2.05, 4.69) is 5.32 Å². The lowest BCUT2D eigenvalue weighted by Crippen LogP contribution is -2.43. The van der Waals surface area contributed by atoms with Crippen molar-refractivity contribution >= 4 is 29.1 Å². The smallest absolute Gasteiger partial charge is 0.235 e. The Balaban J connectivity index is 1.36. The molecule has 0 spiro atoms. The van der Waals surface area contributed by atoms with E-state index in [1.807, 2.05) is 31.4 Å². The van der Waals surface area contributed by atoms with Crippen LogP contribution in [0.2, 0.25) is 0 Å². The Labute approximate surface area is 150 Å². The van der Waals surface area contributed by atoms with E-state index >= 15 is 0 Å². The number of imide groups is 1. The third-order valence-electron chi connectivity index (χ3n) is 5.53. The zero-order valence-corrected chi connectivity index (χ0v) is 15.2. The number of amides is 3. The number of ether oxygens (including phenoxy) is 1. The molecule has 3 saturated heterocycles. The first-order valence-corrected chi connectivity index (χ1v) is 9.62. The number of likely N-dealkylation sites (tertiary alicyclic amines) is 1. The highest BCUT2D eigenvalue weighted by atomic mass is 32.1. The van der Waals surface area contributed by atoms with Crippen LogP contribution in [0.3, 0.4) is 0 Å². The summed E-state index contributed by atoms with van der Waals surface area (Å²) in [6.07, 6.45) is 1.62. The quantitative estimate of drug-likeness (QED) is 0.808. The van der Waals surface area contributed by atoms with Crippen molar-refractivity contribution in [3.63, 3.8) is 0 Å². The van der Waals surface area contributed by atoms with Crippen LogP contribution < -0.4 is 5.32 Å². The number of carbonyl (C=O) groups is 3. The van der Waals surface area contributed by atoms with Gasteiger partial charge in [0, 0.05) is 17.8 Å². The van der Waals surface area contributed by atoms with Gasteiger partial charge in [0.15, 0.2) is 0 Å². The monoisotopic (exact) mass is 362 g/mol. The summed E-state index contributed by atoms with van der Waals surface area (Å²) in [5, 5.41) is 4.96. The van der Waals surface area contributed by atoms with Crippen LogP contribution >= 0.6 is 11.3 Å². The Kier molecular flexibility index (Phi) is 3.96. The largest absolute Gasteiger partial charge is 0.373 e. The molecule has 4 atom stereocenters. The van der Waals surface area contributed by atoms with E-state index in [0.29, 0.717) is 0 Å². The lowest BCUT2D eigenvalue weighted by atomic mass is 9.81. The van der Waals surface area contributed by atoms with Crippen molar-refractivity contribution in [1.82, 2.24) is 10.2 Å². The van der Waals surface area contributed by atoms with Crippen molar-refractivity contribution < 1.29 is 19.1 Å². The number of thiophene rings is 1. The topological polar surface area (TPSA) is 75.7 Å². The number of rotatable bonds is 5. The lowest BCUT2D eigenvalue weighted by Gasteiger charge is -2.25.